The quantitative estimate of drug-likeness (QED) is 0.792. The number of rotatable bonds is 2. The van der Waals surface area contributed by atoms with E-state index in [0.29, 0.717) is 0 Å². The Hall–Kier alpha value is -1.13. The van der Waals surface area contributed by atoms with Crippen LogP contribution in [0.1, 0.15) is 5.69 Å². The molecule has 0 spiro atoms. The molecule has 13 heavy (non-hydrogen) atoms. The molecule has 0 fully saturated rings. The van der Waals surface area contributed by atoms with Crippen molar-refractivity contribution >= 4 is 11.3 Å². The second kappa shape index (κ2) is 3.32. The Morgan fingerprint density at radius 3 is 3.00 bits per heavy atom. The van der Waals surface area contributed by atoms with Crippen molar-refractivity contribution in [1.82, 2.24) is 9.78 Å². The Bertz CT molecular complexity index is 392. The lowest BCUT2D eigenvalue weighted by molar-refractivity contribution is 0.193. The number of hydrogen-bond donors (Lipinski definition) is 1. The number of thiophene rings is 1. The third kappa shape index (κ3) is 1.50. The highest BCUT2D eigenvalue weighted by Crippen LogP contribution is 2.23. The molecule has 2 rings (SSSR count). The van der Waals surface area contributed by atoms with Crippen LogP contribution >= 0.6 is 11.3 Å². The number of aliphatic hydroxyl groups excluding tert-OH is 1. The number of aromatic nitrogens is 2. The third-order valence-corrected chi connectivity index (χ3v) is 2.78. The van der Waals surface area contributed by atoms with Crippen LogP contribution in [-0.2, 0) is 6.73 Å². The molecular formula is C9H10N2OS. The van der Waals surface area contributed by atoms with Gasteiger partial charge in [-0.15, -0.1) is 11.3 Å². The molecule has 0 saturated heterocycles. The van der Waals surface area contributed by atoms with Crippen molar-refractivity contribution in [2.24, 2.45) is 0 Å². The second-order valence-electron chi connectivity index (χ2n) is 2.79. The predicted molar refractivity (Wildman–Crippen MR) is 52.5 cm³/mol. The topological polar surface area (TPSA) is 38.0 Å². The van der Waals surface area contributed by atoms with E-state index in [-0.39, 0.29) is 6.73 Å². The Labute approximate surface area is 80.3 Å². The standard InChI is InChI=1S/C9H10N2OS/c1-7-5-8(10-11(7)6-12)9-3-2-4-13-9/h2-5,12H,6H2,1H3. The van der Waals surface area contributed by atoms with Crippen molar-refractivity contribution in [1.29, 1.82) is 0 Å². The van der Waals surface area contributed by atoms with Gasteiger partial charge in [-0.3, -0.25) is 0 Å². The van der Waals surface area contributed by atoms with Gasteiger partial charge < -0.3 is 5.11 Å². The van der Waals surface area contributed by atoms with E-state index in [4.69, 9.17) is 5.11 Å². The van der Waals surface area contributed by atoms with Crippen LogP contribution in [0.4, 0.5) is 0 Å². The fraction of sp³-hybridized carbons (Fsp3) is 0.222. The Morgan fingerprint density at radius 1 is 1.62 bits per heavy atom. The van der Waals surface area contributed by atoms with Crippen molar-refractivity contribution in [3.8, 4) is 10.6 Å². The van der Waals surface area contributed by atoms with Gasteiger partial charge in [0.15, 0.2) is 0 Å². The van der Waals surface area contributed by atoms with E-state index in [1.54, 1.807) is 16.0 Å². The smallest absolute Gasteiger partial charge is 0.136 e. The fourth-order valence-corrected chi connectivity index (χ4v) is 1.88. The number of nitrogens with zero attached hydrogens (tertiary/aromatic N) is 2. The summed E-state index contributed by atoms with van der Waals surface area (Å²) in [5.74, 6) is 0. The van der Waals surface area contributed by atoms with Crippen molar-refractivity contribution in [2.45, 2.75) is 13.7 Å². The monoisotopic (exact) mass is 194 g/mol. The minimum Gasteiger partial charge on any atom is -0.374 e. The predicted octanol–water partition coefficient (Wildman–Crippen LogP) is 1.87. The molecule has 1 N–H and O–H groups in total. The lowest BCUT2D eigenvalue weighted by atomic mass is 10.3. The fourth-order valence-electron chi connectivity index (χ4n) is 1.20. The summed E-state index contributed by atoms with van der Waals surface area (Å²) >= 11 is 1.65. The minimum atomic E-state index is -0.0583. The van der Waals surface area contributed by atoms with E-state index in [1.807, 2.05) is 30.5 Å². The van der Waals surface area contributed by atoms with Crippen molar-refractivity contribution < 1.29 is 5.11 Å². The van der Waals surface area contributed by atoms with Crippen LogP contribution in [0.25, 0.3) is 10.6 Å². The molecule has 0 radical (unpaired) electrons. The highest BCUT2D eigenvalue weighted by Gasteiger charge is 2.05. The first kappa shape index (κ1) is 8.47. The van der Waals surface area contributed by atoms with Gasteiger partial charge in [-0.05, 0) is 24.4 Å². The van der Waals surface area contributed by atoms with E-state index in [1.165, 1.54) is 0 Å². The molecule has 4 heteroatoms. The average Bonchev–Trinajstić information content (AvgIpc) is 2.71. The molecule has 0 bridgehead atoms. The number of aryl methyl sites for hydroxylation is 1. The van der Waals surface area contributed by atoms with E-state index < -0.39 is 0 Å². The zero-order valence-electron chi connectivity index (χ0n) is 7.27. The summed E-state index contributed by atoms with van der Waals surface area (Å²) in [6.07, 6.45) is 0. The highest BCUT2D eigenvalue weighted by atomic mass is 32.1. The first-order valence-electron chi connectivity index (χ1n) is 4.00. The average molecular weight is 194 g/mol. The van der Waals surface area contributed by atoms with Gasteiger partial charge in [0.25, 0.3) is 0 Å². The van der Waals surface area contributed by atoms with Gasteiger partial charge in [0.05, 0.1) is 4.88 Å². The van der Waals surface area contributed by atoms with Gasteiger partial charge in [0.2, 0.25) is 0 Å². The van der Waals surface area contributed by atoms with Gasteiger partial charge in [0, 0.05) is 5.69 Å². The van der Waals surface area contributed by atoms with Crippen LogP contribution < -0.4 is 0 Å². The minimum absolute atomic E-state index is 0.0583. The summed E-state index contributed by atoms with van der Waals surface area (Å²) in [7, 11) is 0. The summed E-state index contributed by atoms with van der Waals surface area (Å²) in [4.78, 5) is 1.13. The Kier molecular flexibility index (Phi) is 2.16. The zero-order valence-corrected chi connectivity index (χ0v) is 8.08. The summed E-state index contributed by atoms with van der Waals surface area (Å²) in [5, 5.41) is 15.2. The van der Waals surface area contributed by atoms with Crippen LogP contribution in [0, 0.1) is 6.92 Å². The molecule has 68 valence electrons. The molecule has 0 unspecified atom stereocenters. The van der Waals surface area contributed by atoms with E-state index in [9.17, 15) is 0 Å². The van der Waals surface area contributed by atoms with Crippen LogP contribution in [0.5, 0.6) is 0 Å². The van der Waals surface area contributed by atoms with Gasteiger partial charge >= 0.3 is 0 Å². The summed E-state index contributed by atoms with van der Waals surface area (Å²) in [6.45, 7) is 1.87. The lowest BCUT2D eigenvalue weighted by Gasteiger charge is -1.95. The van der Waals surface area contributed by atoms with Crippen LogP contribution in [0.15, 0.2) is 23.6 Å². The maximum Gasteiger partial charge on any atom is 0.136 e. The highest BCUT2D eigenvalue weighted by molar-refractivity contribution is 7.13. The zero-order chi connectivity index (χ0) is 9.26. The molecule has 0 saturated carbocycles. The van der Waals surface area contributed by atoms with Gasteiger partial charge in [-0.2, -0.15) is 5.10 Å². The largest absolute Gasteiger partial charge is 0.374 e. The van der Waals surface area contributed by atoms with E-state index in [0.717, 1.165) is 16.3 Å². The van der Waals surface area contributed by atoms with Crippen molar-refractivity contribution in [2.75, 3.05) is 0 Å². The van der Waals surface area contributed by atoms with Crippen LogP contribution in [0.2, 0.25) is 0 Å². The molecule has 0 atom stereocenters. The van der Waals surface area contributed by atoms with Crippen LogP contribution in [0.3, 0.4) is 0 Å². The maximum absolute atomic E-state index is 8.93. The third-order valence-electron chi connectivity index (χ3n) is 1.89. The molecule has 0 aromatic carbocycles. The second-order valence-corrected chi connectivity index (χ2v) is 3.74. The van der Waals surface area contributed by atoms with Crippen LogP contribution in [-0.4, -0.2) is 14.9 Å². The Morgan fingerprint density at radius 2 is 2.46 bits per heavy atom. The molecule has 0 aliphatic heterocycles. The molecule has 0 aliphatic carbocycles. The molecule has 3 nitrogen and oxygen atoms in total. The molecule has 2 aromatic rings. The summed E-state index contributed by atoms with van der Waals surface area (Å²) in [6, 6.07) is 5.99. The maximum atomic E-state index is 8.93. The first-order valence-corrected chi connectivity index (χ1v) is 4.88. The lowest BCUT2D eigenvalue weighted by Crippen LogP contribution is -2.00. The van der Waals surface area contributed by atoms with Gasteiger partial charge in [-0.1, -0.05) is 6.07 Å². The molecule has 2 aromatic heterocycles. The van der Waals surface area contributed by atoms with Gasteiger partial charge in [0.1, 0.15) is 12.4 Å². The normalized spacial score (nSPS) is 10.6. The van der Waals surface area contributed by atoms with Gasteiger partial charge in [-0.25, -0.2) is 4.68 Å². The molecule has 0 aliphatic rings. The summed E-state index contributed by atoms with van der Waals surface area (Å²) < 4.78 is 1.58. The van der Waals surface area contributed by atoms with E-state index >= 15 is 0 Å². The SMILES string of the molecule is Cc1cc(-c2cccs2)nn1CO. The van der Waals surface area contributed by atoms with Crippen molar-refractivity contribution in [3.63, 3.8) is 0 Å². The van der Waals surface area contributed by atoms with E-state index in [2.05, 4.69) is 5.10 Å². The number of hydrogen-bond acceptors (Lipinski definition) is 3. The van der Waals surface area contributed by atoms with Crippen molar-refractivity contribution in [3.05, 3.63) is 29.3 Å². The molecule has 0 amide bonds. The molecular weight excluding hydrogens is 184 g/mol. The summed E-state index contributed by atoms with van der Waals surface area (Å²) in [5.41, 5.74) is 1.91. The Balaban J connectivity index is 2.43. The first-order chi connectivity index (χ1) is 6.31. The molecule has 2 heterocycles. The number of aliphatic hydroxyl groups is 1.